The van der Waals surface area contributed by atoms with Crippen molar-refractivity contribution in [1.82, 2.24) is 9.97 Å². The van der Waals surface area contributed by atoms with Gasteiger partial charge in [0, 0.05) is 17.9 Å². The molecule has 0 saturated carbocycles. The lowest BCUT2D eigenvalue weighted by molar-refractivity contribution is -0.274. The standard InChI is InChI=1S/C20H19F3N2O2/c21-20(22,23)27-17-10-8-15(9-11-17)13-26-12-4-7-18-19(25-14-24-18)16-5-2-1-3-6-16/h1-3,5-6,8-11,14H,4,7,12-13H2,(H,24,25). The third-order valence-corrected chi connectivity index (χ3v) is 3.91. The number of alkyl halides is 3. The van der Waals surface area contributed by atoms with Gasteiger partial charge >= 0.3 is 6.36 Å². The molecule has 1 heterocycles. The van der Waals surface area contributed by atoms with Crippen molar-refractivity contribution in [3.63, 3.8) is 0 Å². The summed E-state index contributed by atoms with van der Waals surface area (Å²) in [5.41, 5.74) is 3.85. The lowest BCUT2D eigenvalue weighted by Crippen LogP contribution is -2.17. The molecule has 0 bridgehead atoms. The Bertz CT molecular complexity index is 830. The molecule has 0 spiro atoms. The summed E-state index contributed by atoms with van der Waals surface area (Å²) in [6, 6.07) is 15.6. The van der Waals surface area contributed by atoms with Crippen LogP contribution in [0.25, 0.3) is 11.3 Å². The lowest BCUT2D eigenvalue weighted by atomic mass is 10.1. The number of aryl methyl sites for hydroxylation is 1. The van der Waals surface area contributed by atoms with Gasteiger partial charge in [0.15, 0.2) is 0 Å². The molecule has 0 atom stereocenters. The van der Waals surface area contributed by atoms with E-state index < -0.39 is 6.36 Å². The van der Waals surface area contributed by atoms with Gasteiger partial charge in [0.2, 0.25) is 0 Å². The van der Waals surface area contributed by atoms with Crippen molar-refractivity contribution in [3.8, 4) is 17.0 Å². The van der Waals surface area contributed by atoms with E-state index >= 15 is 0 Å². The van der Waals surface area contributed by atoms with E-state index in [1.807, 2.05) is 30.3 Å². The van der Waals surface area contributed by atoms with Gasteiger partial charge < -0.3 is 14.5 Å². The van der Waals surface area contributed by atoms with E-state index in [2.05, 4.69) is 14.7 Å². The van der Waals surface area contributed by atoms with Gasteiger partial charge in [-0.25, -0.2) is 4.98 Å². The predicted molar refractivity (Wildman–Crippen MR) is 95.1 cm³/mol. The number of hydrogen-bond donors (Lipinski definition) is 1. The first kappa shape index (κ1) is 19.0. The molecule has 142 valence electrons. The minimum absolute atomic E-state index is 0.237. The molecule has 0 fully saturated rings. The van der Waals surface area contributed by atoms with Crippen LogP contribution < -0.4 is 4.74 Å². The molecule has 7 heteroatoms. The number of aromatic amines is 1. The summed E-state index contributed by atoms with van der Waals surface area (Å²) < 4.78 is 45.8. The molecule has 2 aromatic carbocycles. The Labute approximate surface area is 155 Å². The second-order valence-corrected chi connectivity index (χ2v) is 5.94. The number of hydrogen-bond acceptors (Lipinski definition) is 3. The van der Waals surface area contributed by atoms with Crippen molar-refractivity contribution in [2.75, 3.05) is 6.61 Å². The summed E-state index contributed by atoms with van der Waals surface area (Å²) in [5, 5.41) is 0. The Morgan fingerprint density at radius 2 is 1.70 bits per heavy atom. The van der Waals surface area contributed by atoms with E-state index in [9.17, 15) is 13.2 Å². The summed E-state index contributed by atoms with van der Waals surface area (Å²) in [5.74, 6) is -0.237. The maximum Gasteiger partial charge on any atom is 0.573 e. The molecule has 3 aromatic rings. The Balaban J connectivity index is 1.42. The lowest BCUT2D eigenvalue weighted by Gasteiger charge is -2.09. The number of nitrogens with zero attached hydrogens (tertiary/aromatic N) is 1. The van der Waals surface area contributed by atoms with Crippen molar-refractivity contribution in [3.05, 3.63) is 72.2 Å². The van der Waals surface area contributed by atoms with Gasteiger partial charge in [-0.2, -0.15) is 0 Å². The fraction of sp³-hybridized carbons (Fsp3) is 0.250. The van der Waals surface area contributed by atoms with Crippen molar-refractivity contribution in [2.45, 2.75) is 25.8 Å². The molecule has 0 aliphatic rings. The highest BCUT2D eigenvalue weighted by Crippen LogP contribution is 2.23. The van der Waals surface area contributed by atoms with Gasteiger partial charge in [-0.3, -0.25) is 0 Å². The van der Waals surface area contributed by atoms with Gasteiger partial charge in [-0.05, 0) is 30.5 Å². The normalized spacial score (nSPS) is 11.5. The summed E-state index contributed by atoms with van der Waals surface area (Å²) in [6.45, 7) is 0.870. The number of halogens is 3. The van der Waals surface area contributed by atoms with Crippen LogP contribution in [0.5, 0.6) is 5.75 Å². The largest absolute Gasteiger partial charge is 0.573 e. The highest BCUT2D eigenvalue weighted by molar-refractivity contribution is 5.61. The first-order chi connectivity index (χ1) is 13.0. The van der Waals surface area contributed by atoms with E-state index in [4.69, 9.17) is 4.74 Å². The minimum atomic E-state index is -4.68. The zero-order chi connectivity index (χ0) is 19.1. The van der Waals surface area contributed by atoms with Crippen LogP contribution in [0.4, 0.5) is 13.2 Å². The number of imidazole rings is 1. The van der Waals surface area contributed by atoms with Crippen molar-refractivity contribution in [1.29, 1.82) is 0 Å². The number of benzene rings is 2. The fourth-order valence-electron chi connectivity index (χ4n) is 2.68. The monoisotopic (exact) mass is 376 g/mol. The predicted octanol–water partition coefficient (Wildman–Crippen LogP) is 5.12. The van der Waals surface area contributed by atoms with Gasteiger partial charge in [-0.1, -0.05) is 42.5 Å². The van der Waals surface area contributed by atoms with Crippen LogP contribution >= 0.6 is 0 Å². The molecule has 0 aliphatic carbocycles. The zero-order valence-corrected chi connectivity index (χ0v) is 14.5. The maximum absolute atomic E-state index is 12.1. The van der Waals surface area contributed by atoms with Crippen LogP contribution in [-0.4, -0.2) is 22.9 Å². The second-order valence-electron chi connectivity index (χ2n) is 5.94. The smallest absolute Gasteiger partial charge is 0.406 e. The second kappa shape index (κ2) is 8.73. The van der Waals surface area contributed by atoms with E-state index in [1.54, 1.807) is 18.5 Å². The van der Waals surface area contributed by atoms with Gasteiger partial charge in [0.1, 0.15) is 5.75 Å². The van der Waals surface area contributed by atoms with Crippen LogP contribution in [0.15, 0.2) is 60.9 Å². The fourth-order valence-corrected chi connectivity index (χ4v) is 2.68. The first-order valence-electron chi connectivity index (χ1n) is 8.51. The highest BCUT2D eigenvalue weighted by atomic mass is 19.4. The molecule has 3 rings (SSSR count). The third-order valence-electron chi connectivity index (χ3n) is 3.91. The van der Waals surface area contributed by atoms with Gasteiger partial charge in [-0.15, -0.1) is 13.2 Å². The number of nitrogens with one attached hydrogen (secondary N) is 1. The molecule has 0 radical (unpaired) electrons. The topological polar surface area (TPSA) is 47.1 Å². The summed E-state index contributed by atoms with van der Waals surface area (Å²) >= 11 is 0. The SMILES string of the molecule is FC(F)(F)Oc1ccc(COCCCc2[nH]cnc2-c2ccccc2)cc1. The minimum Gasteiger partial charge on any atom is -0.406 e. The Morgan fingerprint density at radius 3 is 2.41 bits per heavy atom. The molecular weight excluding hydrogens is 357 g/mol. The molecule has 0 saturated heterocycles. The molecule has 1 N–H and O–H groups in total. The van der Waals surface area contributed by atoms with E-state index in [1.165, 1.54) is 12.1 Å². The highest BCUT2D eigenvalue weighted by Gasteiger charge is 2.30. The quantitative estimate of drug-likeness (QED) is 0.555. The van der Waals surface area contributed by atoms with E-state index in [0.29, 0.717) is 13.2 Å². The number of H-pyrrole nitrogens is 1. The first-order valence-corrected chi connectivity index (χ1v) is 8.51. The molecule has 4 nitrogen and oxygen atoms in total. The van der Waals surface area contributed by atoms with Crippen LogP contribution in [0, 0.1) is 0 Å². The summed E-state index contributed by atoms with van der Waals surface area (Å²) in [6.07, 6.45) is -1.40. The van der Waals surface area contributed by atoms with Crippen molar-refractivity contribution >= 4 is 0 Å². The van der Waals surface area contributed by atoms with Crippen molar-refractivity contribution in [2.24, 2.45) is 0 Å². The van der Waals surface area contributed by atoms with Crippen LogP contribution in [0.2, 0.25) is 0 Å². The van der Waals surface area contributed by atoms with Crippen molar-refractivity contribution < 1.29 is 22.6 Å². The molecule has 27 heavy (non-hydrogen) atoms. The maximum atomic E-state index is 12.1. The number of ether oxygens (including phenoxy) is 2. The Morgan fingerprint density at radius 1 is 0.963 bits per heavy atom. The molecule has 0 amide bonds. The average molecular weight is 376 g/mol. The third kappa shape index (κ3) is 5.86. The number of aromatic nitrogens is 2. The number of rotatable bonds is 8. The van der Waals surface area contributed by atoms with Crippen LogP contribution in [-0.2, 0) is 17.8 Å². The average Bonchev–Trinajstić information content (AvgIpc) is 3.11. The molecule has 0 unspecified atom stereocenters. The Hall–Kier alpha value is -2.80. The van der Waals surface area contributed by atoms with E-state index in [-0.39, 0.29) is 5.75 Å². The summed E-state index contributed by atoms with van der Waals surface area (Å²) in [4.78, 5) is 7.54. The zero-order valence-electron chi connectivity index (χ0n) is 14.5. The van der Waals surface area contributed by atoms with Gasteiger partial charge in [0.25, 0.3) is 0 Å². The summed E-state index contributed by atoms with van der Waals surface area (Å²) in [7, 11) is 0. The molecule has 0 aliphatic heterocycles. The van der Waals surface area contributed by atoms with Crippen LogP contribution in [0.1, 0.15) is 17.7 Å². The molecule has 1 aromatic heterocycles. The molecular formula is C20H19F3N2O2. The van der Waals surface area contributed by atoms with E-state index in [0.717, 1.165) is 35.4 Å². The van der Waals surface area contributed by atoms with Crippen LogP contribution in [0.3, 0.4) is 0 Å². The van der Waals surface area contributed by atoms with Gasteiger partial charge in [0.05, 0.1) is 18.6 Å². The Kier molecular flexibility index (Phi) is 6.13.